The van der Waals surface area contributed by atoms with Gasteiger partial charge in [-0.05, 0) is 48.5 Å². The molecule has 0 spiro atoms. The summed E-state index contributed by atoms with van der Waals surface area (Å²) in [5, 5.41) is 8.99. The number of nitrogens with zero attached hydrogens (tertiary/aromatic N) is 3. The van der Waals surface area contributed by atoms with Crippen LogP contribution in [-0.2, 0) is 12.6 Å². The van der Waals surface area contributed by atoms with Crippen molar-refractivity contribution in [3.8, 4) is 11.4 Å². The highest BCUT2D eigenvalue weighted by atomic mass is 32.1. The lowest BCUT2D eigenvalue weighted by Crippen LogP contribution is -2.26. The molecule has 0 aliphatic rings. The van der Waals surface area contributed by atoms with Crippen molar-refractivity contribution in [3.63, 3.8) is 0 Å². The van der Waals surface area contributed by atoms with Gasteiger partial charge in [0, 0.05) is 29.5 Å². The van der Waals surface area contributed by atoms with Crippen molar-refractivity contribution < 1.29 is 22.4 Å². The molecule has 154 valence electrons. The van der Waals surface area contributed by atoms with Crippen LogP contribution in [0.25, 0.3) is 16.3 Å². The number of hydrogen-bond acceptors (Lipinski definition) is 4. The van der Waals surface area contributed by atoms with Crippen molar-refractivity contribution >= 4 is 22.2 Å². The van der Waals surface area contributed by atoms with Crippen molar-refractivity contribution in [1.82, 2.24) is 19.9 Å². The summed E-state index contributed by atoms with van der Waals surface area (Å²) in [5.41, 5.74) is 0.859. The summed E-state index contributed by atoms with van der Waals surface area (Å²) in [6, 6.07) is 9.91. The van der Waals surface area contributed by atoms with Gasteiger partial charge < -0.3 is 5.32 Å². The molecule has 0 saturated carbocycles. The molecule has 0 unspecified atom stereocenters. The Bertz CT molecular complexity index is 1180. The topological polar surface area (TPSA) is 59.3 Å². The molecule has 0 fully saturated rings. The number of alkyl halides is 3. The molecule has 2 aromatic heterocycles. The molecule has 0 aliphatic carbocycles. The second-order valence-corrected chi connectivity index (χ2v) is 7.28. The highest BCUT2D eigenvalue weighted by Gasteiger charge is 2.30. The van der Waals surface area contributed by atoms with Crippen molar-refractivity contribution in [3.05, 3.63) is 76.5 Å². The normalized spacial score (nSPS) is 11.7. The molecule has 0 radical (unpaired) electrons. The minimum atomic E-state index is -4.44. The van der Waals surface area contributed by atoms with Crippen LogP contribution in [0.1, 0.15) is 21.6 Å². The van der Waals surface area contributed by atoms with Gasteiger partial charge in [0.05, 0.1) is 11.3 Å². The van der Waals surface area contributed by atoms with Crippen LogP contribution < -0.4 is 5.32 Å². The Kier molecular flexibility index (Phi) is 5.25. The Balaban J connectivity index is 1.40. The van der Waals surface area contributed by atoms with Crippen molar-refractivity contribution in [1.29, 1.82) is 0 Å². The SMILES string of the molecule is O=C(NCCc1csc2nc(-c3ccc(F)cc3)nn12)c1ccc(C(F)(F)F)cc1. The molecule has 0 atom stereocenters. The fraction of sp³-hybridized carbons (Fsp3) is 0.150. The van der Waals surface area contributed by atoms with Gasteiger partial charge in [-0.15, -0.1) is 16.4 Å². The molecular weight excluding hydrogens is 420 g/mol. The summed E-state index contributed by atoms with van der Waals surface area (Å²) >= 11 is 1.39. The standard InChI is InChI=1S/C20H14F4N4OS/c21-15-7-3-12(4-8-15)17-26-19-28(27-17)16(11-30-19)9-10-25-18(29)13-1-5-14(6-2-13)20(22,23)24/h1-8,11H,9-10H2,(H,25,29). The zero-order valence-corrected chi connectivity index (χ0v) is 16.1. The van der Waals surface area contributed by atoms with Gasteiger partial charge in [-0.2, -0.15) is 18.2 Å². The van der Waals surface area contributed by atoms with E-state index >= 15 is 0 Å². The number of carbonyl (C=O) groups is 1. The molecule has 10 heteroatoms. The zero-order valence-electron chi connectivity index (χ0n) is 15.3. The van der Waals surface area contributed by atoms with Gasteiger partial charge in [0.25, 0.3) is 5.91 Å². The lowest BCUT2D eigenvalue weighted by molar-refractivity contribution is -0.137. The van der Waals surface area contributed by atoms with E-state index in [9.17, 15) is 22.4 Å². The fourth-order valence-corrected chi connectivity index (χ4v) is 3.69. The van der Waals surface area contributed by atoms with Gasteiger partial charge in [0.1, 0.15) is 5.82 Å². The van der Waals surface area contributed by atoms with Gasteiger partial charge in [-0.1, -0.05) is 0 Å². The number of aromatic nitrogens is 3. The first-order valence-electron chi connectivity index (χ1n) is 8.86. The number of hydrogen-bond donors (Lipinski definition) is 1. The minimum Gasteiger partial charge on any atom is -0.352 e. The monoisotopic (exact) mass is 434 g/mol. The smallest absolute Gasteiger partial charge is 0.352 e. The Hall–Kier alpha value is -3.27. The van der Waals surface area contributed by atoms with Gasteiger partial charge in [-0.3, -0.25) is 4.79 Å². The number of fused-ring (bicyclic) bond motifs is 1. The van der Waals surface area contributed by atoms with Gasteiger partial charge in [0.15, 0.2) is 5.82 Å². The van der Waals surface area contributed by atoms with E-state index in [1.54, 1.807) is 16.6 Å². The summed E-state index contributed by atoms with van der Waals surface area (Å²) < 4.78 is 52.6. The van der Waals surface area contributed by atoms with Crippen LogP contribution in [0, 0.1) is 5.82 Å². The quantitative estimate of drug-likeness (QED) is 0.468. The van der Waals surface area contributed by atoms with E-state index in [1.165, 1.54) is 23.5 Å². The minimum absolute atomic E-state index is 0.151. The highest BCUT2D eigenvalue weighted by Crippen LogP contribution is 2.29. The van der Waals surface area contributed by atoms with E-state index in [0.717, 1.165) is 30.0 Å². The molecule has 0 aliphatic heterocycles. The van der Waals surface area contributed by atoms with Crippen LogP contribution in [0.2, 0.25) is 0 Å². The van der Waals surface area contributed by atoms with Crippen LogP contribution in [0.4, 0.5) is 17.6 Å². The Morgan fingerprint density at radius 1 is 1.07 bits per heavy atom. The van der Waals surface area contributed by atoms with Crippen LogP contribution >= 0.6 is 11.3 Å². The Labute approximate surface area is 172 Å². The third-order valence-electron chi connectivity index (χ3n) is 4.39. The molecule has 1 amide bonds. The summed E-state index contributed by atoms with van der Waals surface area (Å²) in [4.78, 5) is 17.2. The summed E-state index contributed by atoms with van der Waals surface area (Å²) in [6.07, 6.45) is -3.98. The second kappa shape index (κ2) is 7.86. The van der Waals surface area contributed by atoms with E-state index in [4.69, 9.17) is 0 Å². The number of nitrogens with one attached hydrogen (secondary N) is 1. The first-order valence-corrected chi connectivity index (χ1v) is 9.74. The van der Waals surface area contributed by atoms with Gasteiger partial charge in [0.2, 0.25) is 4.96 Å². The maximum absolute atomic E-state index is 13.1. The number of halogens is 4. The highest BCUT2D eigenvalue weighted by molar-refractivity contribution is 7.15. The molecule has 2 aromatic carbocycles. The number of carbonyl (C=O) groups excluding carboxylic acids is 1. The third-order valence-corrected chi connectivity index (χ3v) is 5.26. The van der Waals surface area contributed by atoms with E-state index < -0.39 is 17.6 Å². The molecule has 4 rings (SSSR count). The van der Waals surface area contributed by atoms with E-state index in [-0.39, 0.29) is 17.9 Å². The molecule has 0 saturated heterocycles. The molecule has 0 bridgehead atoms. The van der Waals surface area contributed by atoms with Crippen LogP contribution in [-0.4, -0.2) is 27.0 Å². The number of thiazole rings is 1. The molecule has 1 N–H and O–H groups in total. The van der Waals surface area contributed by atoms with Crippen molar-refractivity contribution in [2.45, 2.75) is 12.6 Å². The number of benzene rings is 2. The van der Waals surface area contributed by atoms with Gasteiger partial charge >= 0.3 is 6.18 Å². The summed E-state index contributed by atoms with van der Waals surface area (Å²) in [6.45, 7) is 0.275. The molecule has 2 heterocycles. The maximum Gasteiger partial charge on any atom is 0.416 e. The first kappa shape index (κ1) is 20.0. The maximum atomic E-state index is 13.1. The van der Waals surface area contributed by atoms with Gasteiger partial charge in [-0.25, -0.2) is 8.91 Å². The van der Waals surface area contributed by atoms with Crippen LogP contribution in [0.15, 0.2) is 53.9 Å². The Morgan fingerprint density at radius 2 is 1.77 bits per heavy atom. The number of amides is 1. The average molecular weight is 434 g/mol. The van der Waals surface area contributed by atoms with E-state index in [1.807, 2.05) is 5.38 Å². The largest absolute Gasteiger partial charge is 0.416 e. The number of rotatable bonds is 5. The third kappa shape index (κ3) is 4.18. The average Bonchev–Trinajstić information content (AvgIpc) is 3.29. The molecule has 4 aromatic rings. The first-order chi connectivity index (χ1) is 14.3. The molecule has 5 nitrogen and oxygen atoms in total. The predicted octanol–water partition coefficient (Wildman–Crippen LogP) is 4.59. The molecule has 30 heavy (non-hydrogen) atoms. The van der Waals surface area contributed by atoms with E-state index in [0.29, 0.717) is 22.8 Å². The zero-order chi connectivity index (χ0) is 21.3. The van der Waals surface area contributed by atoms with E-state index in [2.05, 4.69) is 15.4 Å². The lowest BCUT2D eigenvalue weighted by atomic mass is 10.1. The second-order valence-electron chi connectivity index (χ2n) is 6.44. The molecular formula is C20H14F4N4OS. The lowest BCUT2D eigenvalue weighted by Gasteiger charge is -2.08. The summed E-state index contributed by atoms with van der Waals surface area (Å²) in [5.74, 6) is -0.332. The van der Waals surface area contributed by atoms with Crippen molar-refractivity contribution in [2.75, 3.05) is 6.54 Å². The van der Waals surface area contributed by atoms with Crippen LogP contribution in [0.3, 0.4) is 0 Å². The Morgan fingerprint density at radius 3 is 2.43 bits per heavy atom. The predicted molar refractivity (Wildman–Crippen MR) is 104 cm³/mol. The van der Waals surface area contributed by atoms with Crippen LogP contribution in [0.5, 0.6) is 0 Å². The summed E-state index contributed by atoms with van der Waals surface area (Å²) in [7, 11) is 0. The van der Waals surface area contributed by atoms with Crippen molar-refractivity contribution in [2.24, 2.45) is 0 Å². The fourth-order valence-electron chi connectivity index (χ4n) is 2.83.